The predicted molar refractivity (Wildman–Crippen MR) is 111 cm³/mol. The maximum atomic E-state index is 13.1. The molecule has 4 heterocycles. The van der Waals surface area contributed by atoms with Crippen molar-refractivity contribution in [3.8, 4) is 11.3 Å². The first-order valence-corrected chi connectivity index (χ1v) is 8.92. The Morgan fingerprint density at radius 1 is 1.00 bits per heavy atom. The Bertz CT molecular complexity index is 980. The van der Waals surface area contributed by atoms with Crippen LogP contribution in [0.4, 0.5) is 4.39 Å². The molecule has 1 amide bonds. The minimum Gasteiger partial charge on any atom is -0.338 e. The van der Waals surface area contributed by atoms with Gasteiger partial charge in [-0.05, 0) is 48.2 Å². The summed E-state index contributed by atoms with van der Waals surface area (Å²) < 4.78 is 15.0. The lowest BCUT2D eigenvalue weighted by molar-refractivity contribution is 0.0781. The number of amides is 1. The topological polar surface area (TPSA) is 49.6 Å². The Kier molecular flexibility index (Phi) is 5.93. The van der Waals surface area contributed by atoms with Gasteiger partial charge in [0.15, 0.2) is 0 Å². The van der Waals surface area contributed by atoms with Gasteiger partial charge in [-0.2, -0.15) is 0 Å². The molecule has 0 radical (unpaired) electrons. The molecule has 0 unspecified atom stereocenters. The molecule has 0 saturated carbocycles. The van der Waals surface area contributed by atoms with Gasteiger partial charge in [-0.3, -0.25) is 4.79 Å². The van der Waals surface area contributed by atoms with E-state index in [1.807, 2.05) is 33.8 Å². The fourth-order valence-electron chi connectivity index (χ4n) is 4.08. The molecule has 1 aromatic carbocycles. The number of imidazole rings is 1. The van der Waals surface area contributed by atoms with Gasteiger partial charge < -0.3 is 14.6 Å². The summed E-state index contributed by atoms with van der Waals surface area (Å²) in [6.07, 6.45) is 3.71. The highest BCUT2D eigenvalue weighted by Gasteiger charge is 2.38. The number of hydrogen-bond acceptors (Lipinski definition) is 3. The summed E-state index contributed by atoms with van der Waals surface area (Å²) in [5.74, 6) is 0.983. The van der Waals surface area contributed by atoms with E-state index in [1.54, 1.807) is 12.1 Å². The van der Waals surface area contributed by atoms with Crippen LogP contribution < -0.4 is 5.32 Å². The Morgan fingerprint density at radius 2 is 1.68 bits per heavy atom. The highest BCUT2D eigenvalue weighted by molar-refractivity contribution is 5.94. The molecule has 3 aromatic rings. The summed E-state index contributed by atoms with van der Waals surface area (Å²) in [5, 5.41) is 3.40. The van der Waals surface area contributed by atoms with Crippen molar-refractivity contribution >= 4 is 36.4 Å². The lowest BCUT2D eigenvalue weighted by Gasteiger charge is -2.17. The molecular formula is C20H21Cl2FN4O. The number of nitrogens with zero attached hydrogens (tertiary/aromatic N) is 3. The number of carbonyl (C=O) groups excluding carboxylic acids is 1. The van der Waals surface area contributed by atoms with Crippen molar-refractivity contribution in [2.45, 2.75) is 0 Å². The first-order chi connectivity index (χ1) is 12.7. The van der Waals surface area contributed by atoms with E-state index >= 15 is 0 Å². The molecule has 2 aliphatic rings. The van der Waals surface area contributed by atoms with Crippen molar-refractivity contribution < 1.29 is 9.18 Å². The zero-order valence-electron chi connectivity index (χ0n) is 15.0. The van der Waals surface area contributed by atoms with Crippen LogP contribution >= 0.6 is 24.8 Å². The normalized spacial score (nSPS) is 20.5. The van der Waals surface area contributed by atoms with Crippen molar-refractivity contribution in [1.29, 1.82) is 0 Å². The Hall–Kier alpha value is -2.15. The zero-order chi connectivity index (χ0) is 17.7. The third kappa shape index (κ3) is 3.60. The van der Waals surface area contributed by atoms with Crippen LogP contribution in [-0.2, 0) is 0 Å². The van der Waals surface area contributed by atoms with E-state index < -0.39 is 0 Å². The summed E-state index contributed by atoms with van der Waals surface area (Å²) in [5.41, 5.74) is 3.05. The fraction of sp³-hybridized carbons (Fsp3) is 0.300. The van der Waals surface area contributed by atoms with Crippen LogP contribution in [0.1, 0.15) is 10.4 Å². The monoisotopic (exact) mass is 422 g/mol. The average Bonchev–Trinajstić information content (AvgIpc) is 3.35. The minimum absolute atomic E-state index is 0. The van der Waals surface area contributed by atoms with Crippen LogP contribution in [0, 0.1) is 17.7 Å². The first kappa shape index (κ1) is 20.6. The lowest BCUT2D eigenvalue weighted by Crippen LogP contribution is -2.31. The Balaban J connectivity index is 0.00000112. The van der Waals surface area contributed by atoms with Gasteiger partial charge in [-0.15, -0.1) is 24.8 Å². The van der Waals surface area contributed by atoms with Crippen molar-refractivity contribution in [3.63, 3.8) is 0 Å². The maximum absolute atomic E-state index is 13.1. The number of likely N-dealkylation sites (tertiary alicyclic amines) is 1. The van der Waals surface area contributed by atoms with Crippen molar-refractivity contribution in [2.24, 2.45) is 11.8 Å². The summed E-state index contributed by atoms with van der Waals surface area (Å²) in [7, 11) is 0. The molecule has 2 fully saturated rings. The van der Waals surface area contributed by atoms with Gasteiger partial charge in [0.1, 0.15) is 11.5 Å². The van der Waals surface area contributed by atoms with Gasteiger partial charge >= 0.3 is 0 Å². The van der Waals surface area contributed by atoms with Gasteiger partial charge in [0.25, 0.3) is 5.91 Å². The van der Waals surface area contributed by atoms with Crippen LogP contribution in [-0.4, -0.2) is 46.4 Å². The smallest absolute Gasteiger partial charge is 0.255 e. The molecule has 8 heteroatoms. The molecule has 28 heavy (non-hydrogen) atoms. The number of hydrogen-bond donors (Lipinski definition) is 1. The molecule has 1 N–H and O–H groups in total. The van der Waals surface area contributed by atoms with Crippen molar-refractivity contribution in [3.05, 3.63) is 60.2 Å². The molecule has 5 rings (SSSR count). The highest BCUT2D eigenvalue weighted by Crippen LogP contribution is 2.27. The molecule has 148 valence electrons. The number of halogens is 3. The molecule has 2 saturated heterocycles. The van der Waals surface area contributed by atoms with Crippen molar-refractivity contribution in [2.75, 3.05) is 26.2 Å². The van der Waals surface area contributed by atoms with Gasteiger partial charge in [0.2, 0.25) is 0 Å². The van der Waals surface area contributed by atoms with E-state index in [0.717, 1.165) is 43.1 Å². The number of fused-ring (bicyclic) bond motifs is 2. The second-order valence-electron chi connectivity index (χ2n) is 7.20. The Labute approximate surface area is 174 Å². The zero-order valence-corrected chi connectivity index (χ0v) is 16.7. The SMILES string of the molecule is Cl.Cl.O=C(c1ccc2nc(-c3ccc(F)cc3)cn2c1)N1C[C@H]2CNC[C@H]2C1. The molecular weight excluding hydrogens is 402 g/mol. The van der Waals surface area contributed by atoms with Crippen LogP contribution in [0.25, 0.3) is 16.9 Å². The number of aromatic nitrogens is 2. The second-order valence-corrected chi connectivity index (χ2v) is 7.20. The second kappa shape index (κ2) is 8.07. The predicted octanol–water partition coefficient (Wildman–Crippen LogP) is 3.28. The van der Waals surface area contributed by atoms with Crippen molar-refractivity contribution in [1.82, 2.24) is 19.6 Å². The average molecular weight is 423 g/mol. The third-order valence-corrected chi connectivity index (χ3v) is 5.51. The van der Waals surface area contributed by atoms with E-state index in [9.17, 15) is 9.18 Å². The summed E-state index contributed by atoms with van der Waals surface area (Å²) in [6, 6.07) is 9.96. The van der Waals surface area contributed by atoms with E-state index in [2.05, 4.69) is 10.3 Å². The summed E-state index contributed by atoms with van der Waals surface area (Å²) in [4.78, 5) is 19.4. The lowest BCUT2D eigenvalue weighted by atomic mass is 10.0. The van der Waals surface area contributed by atoms with Crippen LogP contribution in [0.3, 0.4) is 0 Å². The molecule has 0 aliphatic carbocycles. The maximum Gasteiger partial charge on any atom is 0.255 e. The van der Waals surface area contributed by atoms with E-state index in [1.165, 1.54) is 12.1 Å². The molecule has 0 spiro atoms. The van der Waals surface area contributed by atoms with Gasteiger partial charge in [0.05, 0.1) is 11.3 Å². The largest absolute Gasteiger partial charge is 0.338 e. The number of rotatable bonds is 2. The highest BCUT2D eigenvalue weighted by atomic mass is 35.5. The molecule has 2 aromatic heterocycles. The number of nitrogens with one attached hydrogen (secondary N) is 1. The van der Waals surface area contributed by atoms with Crippen LogP contribution in [0.5, 0.6) is 0 Å². The first-order valence-electron chi connectivity index (χ1n) is 8.92. The van der Waals surface area contributed by atoms with Gasteiger partial charge in [-0.25, -0.2) is 9.37 Å². The molecule has 0 bridgehead atoms. The van der Waals surface area contributed by atoms with E-state index in [0.29, 0.717) is 17.4 Å². The summed E-state index contributed by atoms with van der Waals surface area (Å²) in [6.45, 7) is 3.69. The van der Waals surface area contributed by atoms with Crippen LogP contribution in [0.15, 0.2) is 48.8 Å². The van der Waals surface area contributed by atoms with E-state index in [4.69, 9.17) is 0 Å². The minimum atomic E-state index is -0.268. The van der Waals surface area contributed by atoms with Gasteiger partial charge in [0, 0.05) is 44.1 Å². The Morgan fingerprint density at radius 3 is 2.36 bits per heavy atom. The summed E-state index contributed by atoms with van der Waals surface area (Å²) >= 11 is 0. The fourth-order valence-corrected chi connectivity index (χ4v) is 4.08. The quantitative estimate of drug-likeness (QED) is 0.689. The molecule has 5 nitrogen and oxygen atoms in total. The number of benzene rings is 1. The van der Waals surface area contributed by atoms with E-state index in [-0.39, 0.29) is 36.5 Å². The molecule has 2 atom stereocenters. The third-order valence-electron chi connectivity index (χ3n) is 5.51. The number of carbonyl (C=O) groups is 1. The number of pyridine rings is 1. The van der Waals surface area contributed by atoms with Gasteiger partial charge in [-0.1, -0.05) is 0 Å². The standard InChI is InChI=1S/C20H19FN4O.2ClH/c21-17-4-1-13(2-5-17)18-12-24-9-14(3-6-19(24)23-18)20(26)25-10-15-7-22-8-16(15)11-25;;/h1-6,9,12,15-16,22H,7-8,10-11H2;2*1H/t15-,16+;;. The van der Waals surface area contributed by atoms with Crippen LogP contribution in [0.2, 0.25) is 0 Å². The molecule has 2 aliphatic heterocycles.